The van der Waals surface area contributed by atoms with Gasteiger partial charge in [-0.15, -0.1) is 0 Å². The Labute approximate surface area is 128 Å². The Morgan fingerprint density at radius 2 is 2.23 bits per heavy atom. The molecule has 2 aromatic rings. The molecule has 114 valence electrons. The molecule has 0 atom stereocenters. The first-order valence-electron chi connectivity index (χ1n) is 6.74. The molecule has 0 saturated carbocycles. The zero-order chi connectivity index (χ0) is 15.9. The Morgan fingerprint density at radius 1 is 1.41 bits per heavy atom. The van der Waals surface area contributed by atoms with Gasteiger partial charge in [0, 0.05) is 19.3 Å². The highest BCUT2D eigenvalue weighted by atomic mass is 16.3. The van der Waals surface area contributed by atoms with Crippen molar-refractivity contribution >= 4 is 23.7 Å². The predicted molar refractivity (Wildman–Crippen MR) is 83.0 cm³/mol. The molecule has 1 N–H and O–H groups in total. The van der Waals surface area contributed by atoms with Gasteiger partial charge >= 0.3 is 0 Å². The number of aromatic nitrogens is 1. The van der Waals surface area contributed by atoms with E-state index in [4.69, 9.17) is 4.42 Å². The number of carbonyl (C=O) groups is 2. The second-order valence-electron chi connectivity index (χ2n) is 4.81. The van der Waals surface area contributed by atoms with E-state index in [1.54, 1.807) is 37.5 Å². The highest BCUT2D eigenvalue weighted by Gasteiger charge is 2.11. The molecule has 0 bridgehead atoms. The molecule has 6 heteroatoms. The topological polar surface area (TPSA) is 75.4 Å². The van der Waals surface area contributed by atoms with Crippen LogP contribution in [-0.4, -0.2) is 35.3 Å². The summed E-state index contributed by atoms with van der Waals surface area (Å²) in [4.78, 5) is 29.1. The lowest BCUT2D eigenvalue weighted by molar-refractivity contribution is -0.129. The number of likely N-dealkylation sites (N-methyl/N-ethyl adjacent to an activating group) is 1. The summed E-state index contributed by atoms with van der Waals surface area (Å²) in [6.45, 7) is 1.85. The number of nitrogens with one attached hydrogen (secondary N) is 1. The van der Waals surface area contributed by atoms with Gasteiger partial charge in [0.05, 0.1) is 12.8 Å². The van der Waals surface area contributed by atoms with Gasteiger partial charge in [0.1, 0.15) is 11.6 Å². The number of carbonyl (C=O) groups excluding carboxylic acids is 2. The van der Waals surface area contributed by atoms with E-state index in [-0.39, 0.29) is 18.4 Å². The summed E-state index contributed by atoms with van der Waals surface area (Å²) in [5, 5.41) is 2.65. The van der Waals surface area contributed by atoms with Crippen molar-refractivity contribution in [3.8, 4) is 0 Å². The Hall–Kier alpha value is -2.89. The number of rotatable bonds is 5. The van der Waals surface area contributed by atoms with Gasteiger partial charge in [0.2, 0.25) is 11.8 Å². The predicted octanol–water partition coefficient (Wildman–Crippen LogP) is 2.09. The average Bonchev–Trinajstić information content (AvgIpc) is 2.97. The molecule has 0 aliphatic rings. The second kappa shape index (κ2) is 7.21. The van der Waals surface area contributed by atoms with Gasteiger partial charge in [0.15, 0.2) is 0 Å². The van der Waals surface area contributed by atoms with Crippen molar-refractivity contribution in [2.45, 2.75) is 6.92 Å². The summed E-state index contributed by atoms with van der Waals surface area (Å²) < 4.78 is 5.09. The molecule has 2 amide bonds. The molecule has 0 unspecified atom stereocenters. The van der Waals surface area contributed by atoms with Gasteiger partial charge in [-0.05, 0) is 42.8 Å². The van der Waals surface area contributed by atoms with Crippen LogP contribution in [0.25, 0.3) is 6.08 Å². The van der Waals surface area contributed by atoms with Gasteiger partial charge in [-0.3, -0.25) is 9.59 Å². The third kappa shape index (κ3) is 4.59. The second-order valence-corrected chi connectivity index (χ2v) is 4.81. The Morgan fingerprint density at radius 3 is 2.91 bits per heavy atom. The zero-order valence-corrected chi connectivity index (χ0v) is 12.4. The number of aryl methyl sites for hydroxylation is 1. The molecule has 22 heavy (non-hydrogen) atoms. The molecule has 2 heterocycles. The number of amides is 2. The summed E-state index contributed by atoms with van der Waals surface area (Å²) in [5.41, 5.74) is 0.996. The summed E-state index contributed by atoms with van der Waals surface area (Å²) in [7, 11) is 1.55. The number of hydrogen-bond acceptors (Lipinski definition) is 4. The van der Waals surface area contributed by atoms with Gasteiger partial charge in [-0.2, -0.15) is 0 Å². The van der Waals surface area contributed by atoms with E-state index in [1.165, 1.54) is 17.2 Å². The summed E-state index contributed by atoms with van der Waals surface area (Å²) in [6.07, 6.45) is 6.05. The van der Waals surface area contributed by atoms with Gasteiger partial charge < -0.3 is 14.6 Å². The van der Waals surface area contributed by atoms with Crippen molar-refractivity contribution < 1.29 is 14.0 Å². The smallest absolute Gasteiger partial charge is 0.246 e. The van der Waals surface area contributed by atoms with E-state index in [0.717, 1.165) is 5.56 Å². The molecule has 2 aromatic heterocycles. The van der Waals surface area contributed by atoms with Gasteiger partial charge in [-0.25, -0.2) is 4.98 Å². The average molecular weight is 299 g/mol. The van der Waals surface area contributed by atoms with Crippen molar-refractivity contribution in [3.63, 3.8) is 0 Å². The number of anilines is 1. The Kier molecular flexibility index (Phi) is 5.08. The molecule has 0 saturated heterocycles. The van der Waals surface area contributed by atoms with Crippen molar-refractivity contribution in [1.82, 2.24) is 9.88 Å². The maximum atomic E-state index is 11.9. The largest absolute Gasteiger partial charge is 0.465 e. The molecule has 2 rings (SSSR count). The zero-order valence-electron chi connectivity index (χ0n) is 12.4. The minimum atomic E-state index is -0.305. The van der Waals surface area contributed by atoms with Crippen molar-refractivity contribution in [2.75, 3.05) is 18.9 Å². The first kappa shape index (κ1) is 15.5. The fourth-order valence-corrected chi connectivity index (χ4v) is 1.75. The van der Waals surface area contributed by atoms with E-state index in [9.17, 15) is 9.59 Å². The number of nitrogens with zero attached hydrogens (tertiary/aromatic N) is 2. The molecule has 0 fully saturated rings. The van der Waals surface area contributed by atoms with Crippen LogP contribution in [0.3, 0.4) is 0 Å². The highest BCUT2D eigenvalue weighted by molar-refractivity contribution is 5.97. The van der Waals surface area contributed by atoms with Crippen LogP contribution in [0.2, 0.25) is 0 Å². The molecule has 0 radical (unpaired) electrons. The Balaban J connectivity index is 1.86. The van der Waals surface area contributed by atoms with Crippen molar-refractivity contribution in [3.05, 3.63) is 54.1 Å². The lowest BCUT2D eigenvalue weighted by Crippen LogP contribution is -2.34. The Bertz CT molecular complexity index is 678. The minimum absolute atomic E-state index is 0.0586. The van der Waals surface area contributed by atoms with E-state index in [2.05, 4.69) is 10.3 Å². The lowest BCUT2D eigenvalue weighted by atomic mass is 10.3. The van der Waals surface area contributed by atoms with E-state index in [1.807, 2.05) is 13.0 Å². The number of pyridine rings is 1. The van der Waals surface area contributed by atoms with E-state index >= 15 is 0 Å². The van der Waals surface area contributed by atoms with Gasteiger partial charge in [0.25, 0.3) is 0 Å². The van der Waals surface area contributed by atoms with Crippen LogP contribution in [0.15, 0.2) is 47.2 Å². The first-order valence-corrected chi connectivity index (χ1v) is 6.74. The molecule has 0 aliphatic heterocycles. The molecule has 6 nitrogen and oxygen atoms in total. The fraction of sp³-hybridized carbons (Fsp3) is 0.188. The fourth-order valence-electron chi connectivity index (χ4n) is 1.75. The highest BCUT2D eigenvalue weighted by Crippen LogP contribution is 2.06. The maximum Gasteiger partial charge on any atom is 0.246 e. The molecule has 0 spiro atoms. The quantitative estimate of drug-likeness (QED) is 0.858. The standard InChI is InChI=1S/C16H17N3O3/c1-12-7-8-17-14(10-12)18-15(20)11-19(2)16(21)6-5-13-4-3-9-22-13/h3-10H,11H2,1-2H3,(H,17,18,20)/b6-5+. The normalized spacial score (nSPS) is 10.6. The molecule has 0 aliphatic carbocycles. The first-order chi connectivity index (χ1) is 10.5. The van der Waals surface area contributed by atoms with Crippen LogP contribution in [0.4, 0.5) is 5.82 Å². The van der Waals surface area contributed by atoms with Crippen LogP contribution >= 0.6 is 0 Å². The van der Waals surface area contributed by atoms with E-state index < -0.39 is 0 Å². The maximum absolute atomic E-state index is 11.9. The van der Waals surface area contributed by atoms with Crippen LogP contribution < -0.4 is 5.32 Å². The van der Waals surface area contributed by atoms with Crippen LogP contribution in [-0.2, 0) is 9.59 Å². The van der Waals surface area contributed by atoms with Gasteiger partial charge in [-0.1, -0.05) is 0 Å². The summed E-state index contributed by atoms with van der Waals surface area (Å²) in [5.74, 6) is 0.455. The summed E-state index contributed by atoms with van der Waals surface area (Å²) in [6, 6.07) is 7.07. The van der Waals surface area contributed by atoms with Crippen LogP contribution in [0.5, 0.6) is 0 Å². The monoisotopic (exact) mass is 299 g/mol. The summed E-state index contributed by atoms with van der Waals surface area (Å²) >= 11 is 0. The van der Waals surface area contributed by atoms with E-state index in [0.29, 0.717) is 11.6 Å². The lowest BCUT2D eigenvalue weighted by Gasteiger charge is -2.14. The SMILES string of the molecule is Cc1ccnc(NC(=O)CN(C)C(=O)/C=C/c2ccco2)c1. The molecule has 0 aromatic carbocycles. The number of furan rings is 1. The molecular formula is C16H17N3O3. The van der Waals surface area contributed by atoms with Crippen LogP contribution in [0, 0.1) is 6.92 Å². The van der Waals surface area contributed by atoms with Crippen molar-refractivity contribution in [2.24, 2.45) is 0 Å². The van der Waals surface area contributed by atoms with Crippen molar-refractivity contribution in [1.29, 1.82) is 0 Å². The number of hydrogen-bond donors (Lipinski definition) is 1. The minimum Gasteiger partial charge on any atom is -0.465 e. The van der Waals surface area contributed by atoms with Crippen LogP contribution in [0.1, 0.15) is 11.3 Å². The molecular weight excluding hydrogens is 282 g/mol. The third-order valence-electron chi connectivity index (χ3n) is 2.87. The third-order valence-corrected chi connectivity index (χ3v) is 2.87.